The summed E-state index contributed by atoms with van der Waals surface area (Å²) in [4.78, 5) is 53.0. The van der Waals surface area contributed by atoms with Gasteiger partial charge in [-0.25, -0.2) is 4.98 Å². The highest BCUT2D eigenvalue weighted by Crippen LogP contribution is 2.30. The lowest BCUT2D eigenvalue weighted by Crippen LogP contribution is -2.48. The fourth-order valence-electron chi connectivity index (χ4n) is 5.43. The average molecular weight is 520 g/mol. The van der Waals surface area contributed by atoms with Gasteiger partial charge in [0.1, 0.15) is 24.6 Å². The molecule has 2 aromatic rings. The molecule has 0 aliphatic carbocycles. The van der Waals surface area contributed by atoms with E-state index in [1.54, 1.807) is 9.80 Å². The number of aromatic nitrogens is 2. The van der Waals surface area contributed by atoms with Gasteiger partial charge in [-0.15, -0.1) is 0 Å². The van der Waals surface area contributed by atoms with Crippen molar-refractivity contribution in [3.63, 3.8) is 0 Å². The number of rotatable bonds is 3. The number of para-hydroxylation sites is 1. The first-order valence-corrected chi connectivity index (χ1v) is 13.1. The first-order valence-electron chi connectivity index (χ1n) is 13.1. The number of hydrogen-bond donors (Lipinski definition) is 1. The predicted octanol–water partition coefficient (Wildman–Crippen LogP) is 1.52. The maximum atomic E-state index is 13.5. The average Bonchev–Trinajstić information content (AvgIpc) is 3.38. The molecular weight excluding hydrogens is 486 g/mol. The van der Waals surface area contributed by atoms with Crippen LogP contribution in [0.4, 0.5) is 0 Å². The fourth-order valence-corrected chi connectivity index (χ4v) is 5.43. The SMILES string of the molecule is O=C(C[C@@H]1CCN2C[C@@H]1/C=C\COc1ccccc1CN(C(=O)c1cnccn1)CC2=O)N1CC[C@@H](O)C1. The largest absolute Gasteiger partial charge is 0.489 e. The Bertz CT molecular complexity index is 1190. The van der Waals surface area contributed by atoms with Crippen LogP contribution in [0.2, 0.25) is 0 Å². The number of carbonyl (C=O) groups excluding carboxylic acids is 3. The van der Waals surface area contributed by atoms with Crippen molar-refractivity contribution in [3.05, 3.63) is 66.3 Å². The fraction of sp³-hybridized carbons (Fsp3) is 0.464. The highest BCUT2D eigenvalue weighted by Gasteiger charge is 2.35. The number of piperidine rings is 1. The number of aliphatic hydroxyl groups is 1. The molecule has 1 N–H and O–H groups in total. The van der Waals surface area contributed by atoms with Gasteiger partial charge < -0.3 is 24.5 Å². The number of carbonyl (C=O) groups is 3. The second kappa shape index (κ2) is 11.7. The third kappa shape index (κ3) is 6.02. The molecule has 0 unspecified atom stereocenters. The second-order valence-corrected chi connectivity index (χ2v) is 10.1. The molecule has 1 aromatic carbocycles. The molecular formula is C28H33N5O5. The minimum atomic E-state index is -0.448. The van der Waals surface area contributed by atoms with Crippen LogP contribution in [0.1, 0.15) is 35.3 Å². The molecule has 3 atom stereocenters. The number of nitrogens with zero attached hydrogens (tertiary/aromatic N) is 5. The summed E-state index contributed by atoms with van der Waals surface area (Å²) in [5.41, 5.74) is 0.964. The number of aliphatic hydroxyl groups excluding tert-OH is 1. The van der Waals surface area contributed by atoms with Crippen molar-refractivity contribution in [1.29, 1.82) is 0 Å². The first kappa shape index (κ1) is 25.8. The number of benzene rings is 1. The number of ether oxygens (including phenoxy) is 1. The van der Waals surface area contributed by atoms with E-state index in [0.717, 1.165) is 5.56 Å². The summed E-state index contributed by atoms with van der Waals surface area (Å²) in [5, 5.41) is 9.83. The van der Waals surface area contributed by atoms with E-state index < -0.39 is 6.10 Å². The van der Waals surface area contributed by atoms with Gasteiger partial charge in [-0.2, -0.15) is 0 Å². The molecule has 10 nitrogen and oxygen atoms in total. The zero-order chi connectivity index (χ0) is 26.5. The minimum absolute atomic E-state index is 0.0204. The van der Waals surface area contributed by atoms with Crippen LogP contribution in [-0.2, 0) is 16.1 Å². The normalized spacial score (nSPS) is 24.9. The Hall–Kier alpha value is -3.79. The Kier molecular flexibility index (Phi) is 7.97. The standard InChI is InChI=1S/C28H33N5O5/c34-23-8-12-32(18-23)26(35)14-20-7-11-31-16-21(20)5-3-13-38-25-6-2-1-4-22(25)17-33(19-27(31)36)28(37)24-15-29-9-10-30-24/h1-6,9-10,15,20-21,23,34H,7-8,11-14,16-19H2/b5-3-/t20-,21-,23+/m0/s1. The lowest BCUT2D eigenvalue weighted by molar-refractivity contribution is -0.135. The van der Waals surface area contributed by atoms with Crippen LogP contribution in [0, 0.1) is 11.8 Å². The smallest absolute Gasteiger partial charge is 0.274 e. The number of amides is 3. The molecule has 3 aliphatic rings. The Morgan fingerprint density at radius 2 is 1.92 bits per heavy atom. The van der Waals surface area contributed by atoms with Crippen molar-refractivity contribution in [3.8, 4) is 5.75 Å². The molecule has 0 radical (unpaired) electrons. The lowest BCUT2D eigenvalue weighted by Gasteiger charge is -2.38. The summed E-state index contributed by atoms with van der Waals surface area (Å²) in [6.07, 6.45) is 9.59. The summed E-state index contributed by atoms with van der Waals surface area (Å²) < 4.78 is 6.05. The summed E-state index contributed by atoms with van der Waals surface area (Å²) in [6.45, 7) is 2.38. The van der Waals surface area contributed by atoms with Crippen molar-refractivity contribution >= 4 is 17.7 Å². The van der Waals surface area contributed by atoms with Crippen molar-refractivity contribution in [2.24, 2.45) is 11.8 Å². The van der Waals surface area contributed by atoms with E-state index in [0.29, 0.717) is 57.8 Å². The van der Waals surface area contributed by atoms with Crippen LogP contribution < -0.4 is 4.74 Å². The third-order valence-corrected chi connectivity index (χ3v) is 7.56. The van der Waals surface area contributed by atoms with Crippen molar-refractivity contribution in [1.82, 2.24) is 24.7 Å². The Balaban J connectivity index is 1.37. The summed E-state index contributed by atoms with van der Waals surface area (Å²) in [5.74, 6) is 0.227. The van der Waals surface area contributed by atoms with Gasteiger partial charge in [-0.3, -0.25) is 19.4 Å². The van der Waals surface area contributed by atoms with Gasteiger partial charge in [0.05, 0.1) is 18.8 Å². The lowest BCUT2D eigenvalue weighted by atomic mass is 9.82. The zero-order valence-corrected chi connectivity index (χ0v) is 21.3. The molecule has 4 heterocycles. The molecule has 1 aromatic heterocycles. The van der Waals surface area contributed by atoms with Crippen LogP contribution in [0.25, 0.3) is 0 Å². The van der Waals surface area contributed by atoms with E-state index in [-0.39, 0.29) is 48.3 Å². The van der Waals surface area contributed by atoms with Crippen molar-refractivity contribution in [2.75, 3.05) is 39.3 Å². The van der Waals surface area contributed by atoms with Gasteiger partial charge in [0.2, 0.25) is 11.8 Å². The van der Waals surface area contributed by atoms with Crippen LogP contribution in [0.5, 0.6) is 5.75 Å². The van der Waals surface area contributed by atoms with Gasteiger partial charge in [-0.1, -0.05) is 30.4 Å². The van der Waals surface area contributed by atoms with E-state index in [2.05, 4.69) is 16.0 Å². The molecule has 0 spiro atoms. The third-order valence-electron chi connectivity index (χ3n) is 7.56. The van der Waals surface area contributed by atoms with E-state index >= 15 is 0 Å². The summed E-state index contributed by atoms with van der Waals surface area (Å²) in [7, 11) is 0. The monoisotopic (exact) mass is 519 g/mol. The van der Waals surface area contributed by atoms with E-state index in [9.17, 15) is 19.5 Å². The van der Waals surface area contributed by atoms with E-state index in [4.69, 9.17) is 4.74 Å². The van der Waals surface area contributed by atoms with Crippen LogP contribution in [-0.4, -0.2) is 92.9 Å². The quantitative estimate of drug-likeness (QED) is 0.611. The van der Waals surface area contributed by atoms with Gasteiger partial charge >= 0.3 is 0 Å². The van der Waals surface area contributed by atoms with Crippen molar-refractivity contribution < 1.29 is 24.2 Å². The summed E-state index contributed by atoms with van der Waals surface area (Å²) in [6, 6.07) is 7.48. The summed E-state index contributed by atoms with van der Waals surface area (Å²) >= 11 is 0. The molecule has 5 rings (SSSR count). The first-order chi connectivity index (χ1) is 18.5. The van der Waals surface area contributed by atoms with Crippen LogP contribution >= 0.6 is 0 Å². The molecule has 2 bridgehead atoms. The number of fused-ring (bicyclic) bond motifs is 3. The van der Waals surface area contributed by atoms with Gasteiger partial charge in [0.25, 0.3) is 5.91 Å². The Labute approximate surface area is 221 Å². The minimum Gasteiger partial charge on any atom is -0.489 e. The van der Waals surface area contributed by atoms with Crippen LogP contribution in [0.15, 0.2) is 55.0 Å². The number of β-amino-alcohol motifs (C(OH)–C–C–N with tert-alkyl or cyclic N) is 1. The Morgan fingerprint density at radius 1 is 1.05 bits per heavy atom. The maximum absolute atomic E-state index is 13.5. The highest BCUT2D eigenvalue weighted by molar-refractivity contribution is 5.94. The Morgan fingerprint density at radius 3 is 2.71 bits per heavy atom. The highest BCUT2D eigenvalue weighted by atomic mass is 16.5. The zero-order valence-electron chi connectivity index (χ0n) is 21.3. The molecule has 2 fully saturated rings. The predicted molar refractivity (Wildman–Crippen MR) is 138 cm³/mol. The van der Waals surface area contributed by atoms with Crippen molar-refractivity contribution in [2.45, 2.75) is 31.9 Å². The molecule has 38 heavy (non-hydrogen) atoms. The van der Waals surface area contributed by atoms with Gasteiger partial charge in [-0.05, 0) is 30.7 Å². The number of likely N-dealkylation sites (tertiary alicyclic amines) is 1. The van der Waals surface area contributed by atoms with Crippen LogP contribution in [0.3, 0.4) is 0 Å². The van der Waals surface area contributed by atoms with E-state index in [1.807, 2.05) is 30.3 Å². The molecule has 3 amide bonds. The van der Waals surface area contributed by atoms with Gasteiger partial charge in [0, 0.05) is 50.6 Å². The molecule has 0 saturated carbocycles. The second-order valence-electron chi connectivity index (χ2n) is 10.1. The van der Waals surface area contributed by atoms with E-state index in [1.165, 1.54) is 23.5 Å². The molecule has 10 heteroatoms. The topological polar surface area (TPSA) is 116 Å². The molecule has 2 saturated heterocycles. The van der Waals surface area contributed by atoms with Gasteiger partial charge in [0.15, 0.2) is 0 Å². The molecule has 200 valence electrons. The number of hydrogen-bond acceptors (Lipinski definition) is 7. The molecule has 3 aliphatic heterocycles. The maximum Gasteiger partial charge on any atom is 0.274 e.